The van der Waals surface area contributed by atoms with E-state index in [0.717, 1.165) is 31.9 Å². The maximum Gasteiger partial charge on any atom is 0.276 e. The van der Waals surface area contributed by atoms with E-state index in [0.29, 0.717) is 10.1 Å². The number of likely N-dealkylation sites (N-methyl/N-ethyl adjacent to an activating group) is 1. The monoisotopic (exact) mass is 666 g/mol. The van der Waals surface area contributed by atoms with Crippen molar-refractivity contribution in [3.8, 4) is 17.7 Å². The van der Waals surface area contributed by atoms with Crippen LogP contribution in [0.4, 0.5) is 11.4 Å². The third-order valence-electron chi connectivity index (χ3n) is 8.61. The van der Waals surface area contributed by atoms with E-state index in [9.17, 15) is 23.3 Å². The van der Waals surface area contributed by atoms with Crippen molar-refractivity contribution in [1.29, 1.82) is 5.26 Å². The van der Waals surface area contributed by atoms with Gasteiger partial charge in [0.05, 0.1) is 41.5 Å². The summed E-state index contributed by atoms with van der Waals surface area (Å²) >= 11 is 0. The molecule has 1 unspecified atom stereocenters. The molecule has 13 heteroatoms. The summed E-state index contributed by atoms with van der Waals surface area (Å²) in [5.74, 6) is -1.18. The van der Waals surface area contributed by atoms with Gasteiger partial charge in [0.15, 0.2) is 5.54 Å². The Morgan fingerprint density at radius 1 is 1.00 bits per heavy atom. The van der Waals surface area contributed by atoms with Crippen LogP contribution in [0.3, 0.4) is 0 Å². The van der Waals surface area contributed by atoms with Gasteiger partial charge in [-0.2, -0.15) is 9.57 Å². The highest BCUT2D eigenvalue weighted by Gasteiger charge is 2.58. The fourth-order valence-electron chi connectivity index (χ4n) is 6.06. The molecular formula is C35H34N6O6S. The Labute approximate surface area is 279 Å². The molecule has 2 aliphatic heterocycles. The molecule has 0 bridgehead atoms. The molecule has 2 aliphatic rings. The zero-order chi connectivity index (χ0) is 34.1. The minimum Gasteiger partial charge on any atom is -0.497 e. The van der Waals surface area contributed by atoms with Crippen molar-refractivity contribution in [2.24, 2.45) is 0 Å². The van der Waals surface area contributed by atoms with Crippen LogP contribution < -0.4 is 24.0 Å². The summed E-state index contributed by atoms with van der Waals surface area (Å²) in [4.78, 5) is 37.8. The van der Waals surface area contributed by atoms with Crippen molar-refractivity contribution in [3.63, 3.8) is 0 Å². The van der Waals surface area contributed by atoms with Gasteiger partial charge < -0.3 is 24.6 Å². The van der Waals surface area contributed by atoms with Crippen molar-refractivity contribution in [2.75, 3.05) is 56.1 Å². The van der Waals surface area contributed by atoms with Crippen LogP contribution in [0.25, 0.3) is 0 Å². The molecule has 2 amide bonds. The number of sulfonamides is 1. The highest BCUT2D eigenvalue weighted by molar-refractivity contribution is 7.93. The molecule has 1 atom stereocenters. The largest absolute Gasteiger partial charge is 0.497 e. The first-order valence-electron chi connectivity index (χ1n) is 15.4. The Kier molecular flexibility index (Phi) is 8.79. The van der Waals surface area contributed by atoms with Crippen LogP contribution in [0.2, 0.25) is 0 Å². The molecule has 1 N–H and O–H groups in total. The van der Waals surface area contributed by atoms with Crippen LogP contribution >= 0.6 is 0 Å². The molecule has 3 aromatic carbocycles. The number of hydrogen-bond donors (Lipinski definition) is 1. The quantitative estimate of drug-likeness (QED) is 0.282. The first-order valence-corrected chi connectivity index (χ1v) is 16.8. The van der Waals surface area contributed by atoms with E-state index in [1.54, 1.807) is 31.2 Å². The maximum atomic E-state index is 15.0. The number of ether oxygens (including phenoxy) is 2. The molecule has 0 saturated carbocycles. The van der Waals surface area contributed by atoms with Gasteiger partial charge in [0, 0.05) is 49.2 Å². The standard InChI is InChI=1S/C35H34N6O6S/c1-4-47-33-29(6-5-17-37-33)35(38-32(42)25-8-10-26(11-9-25)40-20-18-39(2)19-21-40)30-22-24(23-36)7-16-31(30)41(34(35)43)48(44,45)28-14-12-27(46-3)13-15-28/h5-17,22H,4,18-21H2,1-3H3,(H,38,42). The fraction of sp³-hybridized carbons (Fsp3) is 0.257. The number of nitrogens with zero attached hydrogens (tertiary/aromatic N) is 5. The Bertz CT molecular complexity index is 2000. The van der Waals surface area contributed by atoms with Crippen LogP contribution in [0.15, 0.2) is 90.0 Å². The van der Waals surface area contributed by atoms with E-state index in [4.69, 9.17) is 9.47 Å². The number of rotatable bonds is 9. The van der Waals surface area contributed by atoms with Gasteiger partial charge in [-0.05, 0) is 92.8 Å². The summed E-state index contributed by atoms with van der Waals surface area (Å²) < 4.78 is 40.3. The second-order valence-corrected chi connectivity index (χ2v) is 13.2. The van der Waals surface area contributed by atoms with Crippen LogP contribution in [0.5, 0.6) is 11.6 Å². The highest BCUT2D eigenvalue weighted by Crippen LogP contribution is 2.49. The number of carbonyl (C=O) groups excluding carboxylic acids is 2. The minimum absolute atomic E-state index is 0.0214. The summed E-state index contributed by atoms with van der Waals surface area (Å²) in [5.41, 5.74) is -0.611. The van der Waals surface area contributed by atoms with Crippen molar-refractivity contribution in [1.82, 2.24) is 15.2 Å². The minimum atomic E-state index is -4.55. The van der Waals surface area contributed by atoms with Crippen LogP contribution in [0, 0.1) is 11.3 Å². The second-order valence-electron chi connectivity index (χ2n) is 11.4. The average molecular weight is 667 g/mol. The Morgan fingerprint density at radius 3 is 2.35 bits per heavy atom. The van der Waals surface area contributed by atoms with Crippen molar-refractivity contribution in [3.05, 3.63) is 107 Å². The van der Waals surface area contributed by atoms with Gasteiger partial charge in [-0.3, -0.25) is 9.59 Å². The maximum absolute atomic E-state index is 15.0. The molecule has 3 heterocycles. The number of carbonyl (C=O) groups is 2. The Morgan fingerprint density at radius 2 is 1.71 bits per heavy atom. The number of amides is 2. The number of hydrogen-bond acceptors (Lipinski definition) is 10. The highest BCUT2D eigenvalue weighted by atomic mass is 32.2. The number of nitrogens with one attached hydrogen (secondary N) is 1. The van der Waals surface area contributed by atoms with Gasteiger partial charge in [0.2, 0.25) is 5.88 Å². The topological polar surface area (TPSA) is 145 Å². The van der Waals surface area contributed by atoms with Crippen LogP contribution in [-0.4, -0.2) is 77.1 Å². The van der Waals surface area contributed by atoms with Crippen molar-refractivity contribution in [2.45, 2.75) is 17.4 Å². The third-order valence-corrected chi connectivity index (χ3v) is 10.3. The van der Waals surface area contributed by atoms with Crippen LogP contribution in [-0.2, 0) is 20.4 Å². The number of benzene rings is 3. The Balaban J connectivity index is 1.50. The zero-order valence-electron chi connectivity index (χ0n) is 26.7. The van der Waals surface area contributed by atoms with Gasteiger partial charge in [0.1, 0.15) is 5.75 Å². The van der Waals surface area contributed by atoms with E-state index in [1.165, 1.54) is 55.8 Å². The van der Waals surface area contributed by atoms with E-state index in [-0.39, 0.29) is 45.3 Å². The van der Waals surface area contributed by atoms with Gasteiger partial charge in [-0.1, -0.05) is 0 Å². The van der Waals surface area contributed by atoms with Crippen LogP contribution in [0.1, 0.15) is 34.0 Å². The average Bonchev–Trinajstić information content (AvgIpc) is 3.36. The number of fused-ring (bicyclic) bond motifs is 1. The smallest absolute Gasteiger partial charge is 0.276 e. The predicted molar refractivity (Wildman–Crippen MR) is 179 cm³/mol. The van der Waals surface area contributed by atoms with Crippen molar-refractivity contribution < 1.29 is 27.5 Å². The molecule has 48 heavy (non-hydrogen) atoms. The molecule has 1 aromatic heterocycles. The molecule has 4 aromatic rings. The van der Waals surface area contributed by atoms with Crippen molar-refractivity contribution >= 4 is 33.2 Å². The number of methoxy groups -OCH3 is 1. The lowest BCUT2D eigenvalue weighted by molar-refractivity contribution is -0.121. The summed E-state index contributed by atoms with van der Waals surface area (Å²) in [7, 11) is -1.02. The molecule has 6 rings (SSSR count). The molecule has 0 spiro atoms. The van der Waals surface area contributed by atoms with E-state index >= 15 is 0 Å². The van der Waals surface area contributed by atoms with E-state index in [1.807, 2.05) is 12.1 Å². The SMILES string of the molecule is CCOc1ncccc1C1(NC(=O)c2ccc(N3CCN(C)CC3)cc2)C(=O)N(S(=O)(=O)c2ccc(OC)cc2)c2ccc(C#N)cc21. The number of anilines is 2. The summed E-state index contributed by atoms with van der Waals surface area (Å²) in [6.45, 7) is 5.44. The summed E-state index contributed by atoms with van der Waals surface area (Å²) in [5, 5.41) is 12.8. The van der Waals surface area contributed by atoms with Gasteiger partial charge in [-0.15, -0.1) is 0 Å². The number of aromatic nitrogens is 1. The van der Waals surface area contributed by atoms with Gasteiger partial charge >= 0.3 is 0 Å². The molecule has 1 fully saturated rings. The van der Waals surface area contributed by atoms with Gasteiger partial charge in [0.25, 0.3) is 21.8 Å². The lowest BCUT2D eigenvalue weighted by Gasteiger charge is -2.34. The lowest BCUT2D eigenvalue weighted by Crippen LogP contribution is -2.55. The van der Waals surface area contributed by atoms with Gasteiger partial charge in [-0.25, -0.2) is 13.4 Å². The Hall–Kier alpha value is -5.45. The number of pyridine rings is 1. The van der Waals surface area contributed by atoms with E-state index < -0.39 is 27.4 Å². The fourth-order valence-corrected chi connectivity index (χ4v) is 7.52. The number of nitriles is 1. The molecule has 246 valence electrons. The normalized spacial score (nSPS) is 17.8. The predicted octanol–water partition coefficient (Wildman–Crippen LogP) is 3.52. The number of piperazine rings is 1. The van der Waals surface area contributed by atoms with E-state index in [2.05, 4.69) is 33.2 Å². The molecule has 1 saturated heterocycles. The molecule has 0 aliphatic carbocycles. The lowest BCUT2D eigenvalue weighted by atomic mass is 9.83. The molecule has 12 nitrogen and oxygen atoms in total. The zero-order valence-corrected chi connectivity index (χ0v) is 27.5. The molecular weight excluding hydrogens is 632 g/mol. The summed E-state index contributed by atoms with van der Waals surface area (Å²) in [6.07, 6.45) is 1.47. The summed E-state index contributed by atoms with van der Waals surface area (Å²) in [6, 6.07) is 22.1. The second kappa shape index (κ2) is 13.0. The first kappa shape index (κ1) is 32.5. The first-order chi connectivity index (χ1) is 23.1. The molecule has 0 radical (unpaired) electrons. The third kappa shape index (κ3) is 5.59.